The van der Waals surface area contributed by atoms with Crippen molar-refractivity contribution in [2.45, 2.75) is 40.5 Å². The second kappa shape index (κ2) is 6.60. The summed E-state index contributed by atoms with van der Waals surface area (Å²) in [5, 5.41) is 0. The summed E-state index contributed by atoms with van der Waals surface area (Å²) >= 11 is 0. The number of aromatic nitrogens is 1. The molecule has 0 saturated carbocycles. The van der Waals surface area contributed by atoms with E-state index in [2.05, 4.69) is 83.1 Å². The summed E-state index contributed by atoms with van der Waals surface area (Å²) in [5.41, 5.74) is 10.1. The highest BCUT2D eigenvalue weighted by atomic mass is 14.7. The van der Waals surface area contributed by atoms with Crippen molar-refractivity contribution >= 4 is 0 Å². The Kier molecular flexibility index (Phi) is 4.53. The summed E-state index contributed by atoms with van der Waals surface area (Å²) in [7, 11) is 0. The van der Waals surface area contributed by atoms with E-state index < -0.39 is 0 Å². The number of nitrogens with zero attached hydrogens (tertiary/aromatic N) is 1. The maximum absolute atomic E-state index is 4.72. The molecule has 24 heavy (non-hydrogen) atoms. The van der Waals surface area contributed by atoms with E-state index in [1.54, 1.807) is 0 Å². The van der Waals surface area contributed by atoms with Crippen molar-refractivity contribution in [2.24, 2.45) is 0 Å². The van der Waals surface area contributed by atoms with Crippen LogP contribution in [0.25, 0.3) is 22.4 Å². The SMILES string of the molecule is Cc1cc(C)c(-c2cc(C(C)C)c(C)cn2)cc1-c1ccccc1. The van der Waals surface area contributed by atoms with Gasteiger partial charge in [0.15, 0.2) is 0 Å². The predicted molar refractivity (Wildman–Crippen MR) is 103 cm³/mol. The van der Waals surface area contributed by atoms with E-state index in [0.29, 0.717) is 5.92 Å². The summed E-state index contributed by atoms with van der Waals surface area (Å²) in [6.45, 7) is 11.0. The van der Waals surface area contributed by atoms with Gasteiger partial charge in [-0.3, -0.25) is 4.98 Å². The molecule has 0 fully saturated rings. The fourth-order valence-corrected chi connectivity index (χ4v) is 3.37. The Morgan fingerprint density at radius 1 is 0.750 bits per heavy atom. The van der Waals surface area contributed by atoms with Crippen molar-refractivity contribution in [3.05, 3.63) is 77.0 Å². The number of hydrogen-bond donors (Lipinski definition) is 0. The van der Waals surface area contributed by atoms with Crippen molar-refractivity contribution < 1.29 is 0 Å². The van der Waals surface area contributed by atoms with Crippen LogP contribution in [0.5, 0.6) is 0 Å². The molecule has 3 aromatic rings. The molecule has 0 saturated heterocycles. The number of benzene rings is 2. The van der Waals surface area contributed by atoms with Crippen LogP contribution >= 0.6 is 0 Å². The first-order chi connectivity index (χ1) is 11.5. The monoisotopic (exact) mass is 315 g/mol. The van der Waals surface area contributed by atoms with E-state index in [4.69, 9.17) is 4.98 Å². The zero-order chi connectivity index (χ0) is 17.3. The maximum Gasteiger partial charge on any atom is 0.0707 e. The lowest BCUT2D eigenvalue weighted by Gasteiger charge is -2.15. The average Bonchev–Trinajstić information content (AvgIpc) is 2.56. The molecule has 0 aliphatic rings. The van der Waals surface area contributed by atoms with Crippen LogP contribution in [0, 0.1) is 20.8 Å². The van der Waals surface area contributed by atoms with Gasteiger partial charge in [-0.05, 0) is 72.2 Å². The van der Waals surface area contributed by atoms with Crippen LogP contribution in [-0.2, 0) is 0 Å². The standard InChI is InChI=1S/C23H25N/c1-15(2)20-13-23(24-14-18(20)5)22-12-21(16(3)11-17(22)4)19-9-7-6-8-10-19/h6-15H,1-5H3. The second-order valence-corrected chi connectivity index (χ2v) is 6.93. The van der Waals surface area contributed by atoms with E-state index in [0.717, 1.165) is 5.69 Å². The van der Waals surface area contributed by atoms with E-state index >= 15 is 0 Å². The van der Waals surface area contributed by atoms with Gasteiger partial charge in [0.1, 0.15) is 0 Å². The van der Waals surface area contributed by atoms with Gasteiger partial charge in [-0.2, -0.15) is 0 Å². The summed E-state index contributed by atoms with van der Waals surface area (Å²) < 4.78 is 0. The third-order valence-electron chi connectivity index (χ3n) is 4.70. The molecule has 1 heteroatoms. The highest BCUT2D eigenvalue weighted by Gasteiger charge is 2.12. The number of rotatable bonds is 3. The van der Waals surface area contributed by atoms with Crippen LogP contribution in [0.1, 0.15) is 42.0 Å². The van der Waals surface area contributed by atoms with E-state index in [9.17, 15) is 0 Å². The Hall–Kier alpha value is -2.41. The van der Waals surface area contributed by atoms with Gasteiger partial charge in [0, 0.05) is 11.8 Å². The van der Waals surface area contributed by atoms with Crippen LogP contribution in [0.4, 0.5) is 0 Å². The maximum atomic E-state index is 4.72. The first kappa shape index (κ1) is 16.4. The molecule has 0 aliphatic carbocycles. The van der Waals surface area contributed by atoms with Gasteiger partial charge >= 0.3 is 0 Å². The summed E-state index contributed by atoms with van der Waals surface area (Å²) in [4.78, 5) is 4.72. The first-order valence-electron chi connectivity index (χ1n) is 8.61. The van der Waals surface area contributed by atoms with Crippen molar-refractivity contribution in [2.75, 3.05) is 0 Å². The lowest BCUT2D eigenvalue weighted by molar-refractivity contribution is 0.852. The molecule has 1 nitrogen and oxygen atoms in total. The molecule has 0 atom stereocenters. The van der Waals surface area contributed by atoms with E-state index in [1.807, 2.05) is 6.20 Å². The molecule has 0 N–H and O–H groups in total. The Balaban J connectivity index is 2.17. The minimum absolute atomic E-state index is 0.506. The molecule has 0 bridgehead atoms. The van der Waals surface area contributed by atoms with Gasteiger partial charge in [0.25, 0.3) is 0 Å². The Labute approximate surface area is 145 Å². The van der Waals surface area contributed by atoms with Gasteiger partial charge < -0.3 is 0 Å². The van der Waals surface area contributed by atoms with Gasteiger partial charge in [0.2, 0.25) is 0 Å². The van der Waals surface area contributed by atoms with Crippen molar-refractivity contribution in [1.82, 2.24) is 4.98 Å². The van der Waals surface area contributed by atoms with Gasteiger partial charge in [-0.15, -0.1) is 0 Å². The number of pyridine rings is 1. The fraction of sp³-hybridized carbons (Fsp3) is 0.261. The normalized spacial score (nSPS) is 11.1. The lowest BCUT2D eigenvalue weighted by Crippen LogP contribution is -1.97. The van der Waals surface area contributed by atoms with Gasteiger partial charge in [-0.25, -0.2) is 0 Å². The van der Waals surface area contributed by atoms with Crippen LogP contribution in [-0.4, -0.2) is 4.98 Å². The van der Waals surface area contributed by atoms with E-state index in [1.165, 1.54) is 38.9 Å². The molecular formula is C23H25N. The zero-order valence-corrected chi connectivity index (χ0v) is 15.2. The van der Waals surface area contributed by atoms with Crippen molar-refractivity contribution in [1.29, 1.82) is 0 Å². The van der Waals surface area contributed by atoms with Crippen molar-refractivity contribution in [3.63, 3.8) is 0 Å². The minimum atomic E-state index is 0.506. The second-order valence-electron chi connectivity index (χ2n) is 6.93. The molecule has 3 rings (SSSR count). The molecule has 0 unspecified atom stereocenters. The van der Waals surface area contributed by atoms with Crippen LogP contribution in [0.3, 0.4) is 0 Å². The smallest absolute Gasteiger partial charge is 0.0707 e. The average molecular weight is 315 g/mol. The van der Waals surface area contributed by atoms with Crippen LogP contribution in [0.15, 0.2) is 54.7 Å². The number of aryl methyl sites for hydroxylation is 3. The predicted octanol–water partition coefficient (Wildman–Crippen LogP) is 6.46. The zero-order valence-electron chi connectivity index (χ0n) is 15.2. The molecular weight excluding hydrogens is 290 g/mol. The lowest BCUT2D eigenvalue weighted by atomic mass is 9.91. The highest BCUT2D eigenvalue weighted by Crippen LogP contribution is 2.32. The summed E-state index contributed by atoms with van der Waals surface area (Å²) in [5.74, 6) is 0.506. The molecule has 122 valence electrons. The Morgan fingerprint density at radius 3 is 2.08 bits per heavy atom. The molecule has 2 aromatic carbocycles. The third kappa shape index (κ3) is 3.12. The first-order valence-corrected chi connectivity index (χ1v) is 8.61. The van der Waals surface area contributed by atoms with Gasteiger partial charge in [-0.1, -0.05) is 50.2 Å². The molecule has 0 amide bonds. The molecule has 1 heterocycles. The molecule has 0 radical (unpaired) electrons. The summed E-state index contributed by atoms with van der Waals surface area (Å²) in [6, 6.07) is 17.4. The quantitative estimate of drug-likeness (QED) is 0.540. The number of hydrogen-bond acceptors (Lipinski definition) is 1. The van der Waals surface area contributed by atoms with Crippen LogP contribution in [0.2, 0.25) is 0 Å². The molecule has 1 aromatic heterocycles. The fourth-order valence-electron chi connectivity index (χ4n) is 3.37. The molecule has 0 aliphatic heterocycles. The molecule has 0 spiro atoms. The Morgan fingerprint density at radius 2 is 1.42 bits per heavy atom. The van der Waals surface area contributed by atoms with Gasteiger partial charge in [0.05, 0.1) is 5.69 Å². The van der Waals surface area contributed by atoms with Crippen molar-refractivity contribution in [3.8, 4) is 22.4 Å². The highest BCUT2D eigenvalue weighted by molar-refractivity contribution is 5.76. The largest absolute Gasteiger partial charge is 0.256 e. The Bertz CT molecular complexity index is 861. The third-order valence-corrected chi connectivity index (χ3v) is 4.70. The topological polar surface area (TPSA) is 12.9 Å². The minimum Gasteiger partial charge on any atom is -0.256 e. The van der Waals surface area contributed by atoms with E-state index in [-0.39, 0.29) is 0 Å². The summed E-state index contributed by atoms with van der Waals surface area (Å²) in [6.07, 6.45) is 2.01. The van der Waals surface area contributed by atoms with Crippen LogP contribution < -0.4 is 0 Å².